The highest BCUT2D eigenvalue weighted by Gasteiger charge is 2.21. The average Bonchev–Trinajstić information content (AvgIpc) is 2.12. The highest BCUT2D eigenvalue weighted by molar-refractivity contribution is 7.80. The molecule has 0 aliphatic carbocycles. The predicted molar refractivity (Wildman–Crippen MR) is 74.2 cm³/mol. The molecule has 1 amide bonds. The molecule has 0 radical (unpaired) electrons. The van der Waals surface area contributed by atoms with Gasteiger partial charge in [-0.15, -0.1) is 0 Å². The number of rotatable bonds is 5. The third-order valence-electron chi connectivity index (χ3n) is 2.17. The topological polar surface area (TPSA) is 107 Å². The molecule has 0 saturated heterocycles. The number of hydrogen-bond donors (Lipinski definition) is 3. The quantitative estimate of drug-likeness (QED) is 0.670. The van der Waals surface area contributed by atoms with Crippen LogP contribution in [0.25, 0.3) is 0 Å². The second-order valence-electron chi connectivity index (χ2n) is 4.73. The van der Waals surface area contributed by atoms with Crippen molar-refractivity contribution in [3.63, 3.8) is 0 Å². The van der Waals surface area contributed by atoms with Gasteiger partial charge in [0.1, 0.15) is 10.7 Å². The Labute approximate surface area is 111 Å². The van der Waals surface area contributed by atoms with E-state index in [0.29, 0.717) is 11.6 Å². The summed E-state index contributed by atoms with van der Waals surface area (Å²) in [5, 5.41) is 3.05. The minimum absolute atomic E-state index is 0.173. The van der Waals surface area contributed by atoms with Crippen LogP contribution in [0, 0.1) is 6.92 Å². The monoisotopic (exact) mass is 267 g/mol. The summed E-state index contributed by atoms with van der Waals surface area (Å²) < 4.78 is 0. The van der Waals surface area contributed by atoms with Crippen molar-refractivity contribution in [2.45, 2.75) is 32.7 Å². The van der Waals surface area contributed by atoms with Crippen molar-refractivity contribution in [3.05, 3.63) is 17.5 Å². The highest BCUT2D eigenvalue weighted by Crippen LogP contribution is 2.15. The molecule has 0 fully saturated rings. The molecule has 1 aromatic rings. The van der Waals surface area contributed by atoms with Crippen LogP contribution in [0.2, 0.25) is 0 Å². The summed E-state index contributed by atoms with van der Waals surface area (Å²) in [6, 6.07) is 1.70. The van der Waals surface area contributed by atoms with Crippen molar-refractivity contribution in [1.29, 1.82) is 0 Å². The molecule has 0 aliphatic rings. The van der Waals surface area contributed by atoms with Gasteiger partial charge in [-0.05, 0) is 26.8 Å². The maximum atomic E-state index is 10.9. The average molecular weight is 267 g/mol. The Bertz CT molecular complexity index is 486. The number of nitrogens with one attached hydrogen (secondary N) is 1. The smallest absolute Gasteiger partial charge is 0.223 e. The summed E-state index contributed by atoms with van der Waals surface area (Å²) in [4.78, 5) is 19.6. The summed E-state index contributed by atoms with van der Waals surface area (Å²) in [5.74, 6) is -0.0150. The van der Waals surface area contributed by atoms with Gasteiger partial charge in [0.2, 0.25) is 11.9 Å². The van der Waals surface area contributed by atoms with Crippen molar-refractivity contribution in [2.75, 3.05) is 5.32 Å². The highest BCUT2D eigenvalue weighted by atomic mass is 32.1. The van der Waals surface area contributed by atoms with Crippen LogP contribution >= 0.6 is 12.2 Å². The van der Waals surface area contributed by atoms with Gasteiger partial charge >= 0.3 is 0 Å². The molecule has 0 aliphatic heterocycles. The van der Waals surface area contributed by atoms with Gasteiger partial charge < -0.3 is 16.8 Å². The van der Waals surface area contributed by atoms with Gasteiger partial charge in [-0.2, -0.15) is 0 Å². The van der Waals surface area contributed by atoms with Gasteiger partial charge in [-0.1, -0.05) is 12.2 Å². The van der Waals surface area contributed by atoms with E-state index in [4.69, 9.17) is 23.7 Å². The molecule has 1 heterocycles. The van der Waals surface area contributed by atoms with E-state index in [0.717, 1.165) is 5.69 Å². The summed E-state index contributed by atoms with van der Waals surface area (Å²) in [7, 11) is 0. The Balaban J connectivity index is 2.97. The van der Waals surface area contributed by atoms with Crippen molar-refractivity contribution >= 4 is 29.1 Å². The predicted octanol–water partition coefficient (Wildman–Crippen LogP) is 0.485. The van der Waals surface area contributed by atoms with Crippen LogP contribution in [0.4, 0.5) is 5.95 Å². The molecule has 0 atom stereocenters. The largest absolute Gasteiger partial charge is 0.388 e. The first-order valence-electron chi connectivity index (χ1n) is 5.41. The number of carbonyl (C=O) groups is 1. The number of aryl methyl sites for hydroxylation is 1. The molecule has 5 N–H and O–H groups in total. The number of carbonyl (C=O) groups excluding carboxylic acids is 1. The van der Waals surface area contributed by atoms with Gasteiger partial charge in [-0.25, -0.2) is 9.97 Å². The molecular formula is C11H17N5OS. The second-order valence-corrected chi connectivity index (χ2v) is 5.17. The molecule has 0 saturated carbocycles. The van der Waals surface area contributed by atoms with E-state index in [2.05, 4.69) is 15.3 Å². The normalized spacial score (nSPS) is 11.1. The minimum atomic E-state index is -0.535. The second kappa shape index (κ2) is 5.26. The minimum Gasteiger partial charge on any atom is -0.388 e. The Morgan fingerprint density at radius 3 is 2.56 bits per heavy atom. The lowest BCUT2D eigenvalue weighted by atomic mass is 10.0. The first-order chi connectivity index (χ1) is 8.19. The molecule has 98 valence electrons. The fourth-order valence-corrected chi connectivity index (χ4v) is 1.64. The molecular weight excluding hydrogens is 250 g/mol. The third kappa shape index (κ3) is 4.25. The van der Waals surface area contributed by atoms with Crippen LogP contribution in [0.3, 0.4) is 0 Å². The molecule has 18 heavy (non-hydrogen) atoms. The molecule has 1 aromatic heterocycles. The fraction of sp³-hybridized carbons (Fsp3) is 0.455. The van der Waals surface area contributed by atoms with Crippen LogP contribution in [0.15, 0.2) is 6.07 Å². The van der Waals surface area contributed by atoms with Crippen LogP contribution < -0.4 is 16.8 Å². The molecule has 0 bridgehead atoms. The van der Waals surface area contributed by atoms with Crippen LogP contribution in [0.5, 0.6) is 0 Å². The van der Waals surface area contributed by atoms with E-state index in [9.17, 15) is 4.79 Å². The Kier molecular flexibility index (Phi) is 4.18. The van der Waals surface area contributed by atoms with E-state index in [1.165, 1.54) is 0 Å². The molecule has 0 unspecified atom stereocenters. The van der Waals surface area contributed by atoms with Crippen molar-refractivity contribution in [3.8, 4) is 0 Å². The summed E-state index contributed by atoms with van der Waals surface area (Å²) >= 11 is 4.88. The van der Waals surface area contributed by atoms with Gasteiger partial charge in [0.25, 0.3) is 0 Å². The maximum Gasteiger partial charge on any atom is 0.223 e. The van der Waals surface area contributed by atoms with Crippen LogP contribution in [-0.2, 0) is 4.79 Å². The maximum absolute atomic E-state index is 10.9. The first kappa shape index (κ1) is 14.3. The molecule has 6 nitrogen and oxygen atoms in total. The standard InChI is InChI=1S/C11H17N5OS/c1-6-4-7(9(13)18)15-10(14-6)16-11(2,3)5-8(12)17/h4H,5H2,1-3H3,(H2,12,17)(H2,13,18)(H,14,15,16). The molecule has 0 aromatic carbocycles. The summed E-state index contributed by atoms with van der Waals surface area (Å²) in [6.45, 7) is 5.49. The van der Waals surface area contributed by atoms with E-state index >= 15 is 0 Å². The van der Waals surface area contributed by atoms with E-state index in [1.54, 1.807) is 6.07 Å². The lowest BCUT2D eigenvalue weighted by Gasteiger charge is -2.24. The zero-order valence-electron chi connectivity index (χ0n) is 10.7. The van der Waals surface area contributed by atoms with E-state index < -0.39 is 11.4 Å². The number of amides is 1. The Hall–Kier alpha value is -1.76. The third-order valence-corrected chi connectivity index (χ3v) is 2.38. The van der Waals surface area contributed by atoms with Crippen LogP contribution in [0.1, 0.15) is 31.7 Å². The number of primary amides is 1. The lowest BCUT2D eigenvalue weighted by Crippen LogP contribution is -2.37. The Morgan fingerprint density at radius 1 is 1.44 bits per heavy atom. The number of thiocarbonyl (C=S) groups is 1. The number of aromatic nitrogens is 2. The van der Waals surface area contributed by atoms with Gasteiger partial charge in [0, 0.05) is 17.7 Å². The summed E-state index contributed by atoms with van der Waals surface area (Å²) in [6.07, 6.45) is 0.173. The van der Waals surface area contributed by atoms with E-state index in [1.807, 2.05) is 20.8 Å². The van der Waals surface area contributed by atoms with E-state index in [-0.39, 0.29) is 11.4 Å². The van der Waals surface area contributed by atoms with Gasteiger partial charge in [-0.3, -0.25) is 4.79 Å². The van der Waals surface area contributed by atoms with Crippen molar-refractivity contribution in [2.24, 2.45) is 11.5 Å². The molecule has 7 heteroatoms. The number of hydrogen-bond acceptors (Lipinski definition) is 5. The molecule has 0 spiro atoms. The van der Waals surface area contributed by atoms with Crippen molar-refractivity contribution < 1.29 is 4.79 Å². The van der Waals surface area contributed by atoms with Crippen LogP contribution in [-0.4, -0.2) is 26.4 Å². The zero-order chi connectivity index (χ0) is 13.9. The number of nitrogens with two attached hydrogens (primary N) is 2. The number of nitrogens with zero attached hydrogens (tertiary/aromatic N) is 2. The first-order valence-corrected chi connectivity index (χ1v) is 5.82. The molecule has 1 rings (SSSR count). The SMILES string of the molecule is Cc1cc(C(N)=S)nc(NC(C)(C)CC(N)=O)n1. The number of anilines is 1. The Morgan fingerprint density at radius 2 is 2.06 bits per heavy atom. The summed E-state index contributed by atoms with van der Waals surface area (Å²) in [5.41, 5.74) is 11.4. The van der Waals surface area contributed by atoms with Crippen molar-refractivity contribution in [1.82, 2.24) is 9.97 Å². The lowest BCUT2D eigenvalue weighted by molar-refractivity contribution is -0.118. The fourth-order valence-electron chi connectivity index (χ4n) is 1.53. The zero-order valence-corrected chi connectivity index (χ0v) is 11.5. The van der Waals surface area contributed by atoms with Gasteiger partial charge in [0.15, 0.2) is 0 Å². The van der Waals surface area contributed by atoms with Gasteiger partial charge in [0.05, 0.1) is 0 Å².